The number of rotatable bonds is 2. The van der Waals surface area contributed by atoms with E-state index in [1.807, 2.05) is 0 Å². The molecule has 1 aliphatic heterocycles. The topological polar surface area (TPSA) is 58.9 Å². The number of hydrogen-bond acceptors (Lipinski definition) is 4. The average Bonchev–Trinajstić information content (AvgIpc) is 3.09. The third kappa shape index (κ3) is 1.40. The lowest BCUT2D eigenvalue weighted by Crippen LogP contribution is -2.27. The van der Waals surface area contributed by atoms with Crippen LogP contribution in [0.3, 0.4) is 0 Å². The van der Waals surface area contributed by atoms with Crippen molar-refractivity contribution < 1.29 is 14.1 Å². The van der Waals surface area contributed by atoms with Gasteiger partial charge in [0.15, 0.2) is 0 Å². The molecule has 1 fully saturated rings. The fourth-order valence-electron chi connectivity index (χ4n) is 2.40. The van der Waals surface area contributed by atoms with Gasteiger partial charge in [0.05, 0.1) is 5.56 Å². The van der Waals surface area contributed by atoms with E-state index in [2.05, 4.69) is 11.8 Å². The van der Waals surface area contributed by atoms with Crippen LogP contribution < -0.4 is 4.65 Å². The molecule has 1 aliphatic carbocycles. The maximum Gasteiger partial charge on any atom is 0.526 e. The van der Waals surface area contributed by atoms with E-state index in [1.165, 1.54) is 6.07 Å². The van der Waals surface area contributed by atoms with Crippen LogP contribution in [0.4, 0.5) is 4.39 Å². The summed E-state index contributed by atoms with van der Waals surface area (Å²) in [6.45, 7) is 3.40. The van der Waals surface area contributed by atoms with Crippen LogP contribution in [0, 0.1) is 10.7 Å². The second-order valence-electron chi connectivity index (χ2n) is 4.39. The highest BCUT2D eigenvalue weighted by Gasteiger charge is 2.54. The first-order valence-electron chi connectivity index (χ1n) is 5.33. The van der Waals surface area contributed by atoms with Gasteiger partial charge in [0.25, 0.3) is 0 Å². The smallest absolute Gasteiger partial charge is 0.526 e. The molecular weight excluding hydrogens is 224 g/mol. The molecule has 1 saturated carbocycles. The Hall–Kier alpha value is -1.69. The quantitative estimate of drug-likeness (QED) is 0.629. The van der Waals surface area contributed by atoms with Crippen LogP contribution in [0.15, 0.2) is 23.9 Å². The van der Waals surface area contributed by atoms with E-state index in [-0.39, 0.29) is 28.7 Å². The van der Waals surface area contributed by atoms with Crippen LogP contribution in [0.5, 0.6) is 5.75 Å². The van der Waals surface area contributed by atoms with Crippen molar-refractivity contribution in [2.75, 3.05) is 0 Å². The van der Waals surface area contributed by atoms with Gasteiger partial charge in [0, 0.05) is 5.82 Å². The minimum absolute atomic E-state index is 0.0399. The largest absolute Gasteiger partial charge is 0.535 e. The molecule has 0 bridgehead atoms. The second-order valence-corrected chi connectivity index (χ2v) is 4.39. The lowest BCUT2D eigenvalue weighted by Gasteiger charge is -2.22. The molecule has 2 unspecified atom stereocenters. The van der Waals surface area contributed by atoms with Gasteiger partial charge in [-0.1, -0.05) is 12.6 Å². The van der Waals surface area contributed by atoms with Gasteiger partial charge in [-0.25, -0.2) is 4.39 Å². The molecule has 1 N–H and O–H groups in total. The van der Waals surface area contributed by atoms with Crippen molar-refractivity contribution in [3.8, 4) is 5.75 Å². The summed E-state index contributed by atoms with van der Waals surface area (Å²) in [4.78, 5) is 10.5. The first-order valence-corrected chi connectivity index (χ1v) is 5.33. The van der Waals surface area contributed by atoms with E-state index in [9.17, 15) is 14.3 Å². The molecular formula is C11H9BFNO3. The summed E-state index contributed by atoms with van der Waals surface area (Å²) in [5.74, 6) is -0.133. The first-order chi connectivity index (χ1) is 8.13. The van der Waals surface area contributed by atoms with Crippen LogP contribution in [-0.2, 0) is 0 Å². The third-order valence-electron chi connectivity index (χ3n) is 3.38. The molecule has 6 heteroatoms. The molecule has 2 aliphatic rings. The molecule has 1 aromatic carbocycles. The predicted molar refractivity (Wildman–Crippen MR) is 60.9 cm³/mol. The van der Waals surface area contributed by atoms with Gasteiger partial charge in [-0.05, 0) is 29.1 Å². The van der Waals surface area contributed by atoms with Crippen LogP contribution in [-0.4, -0.2) is 12.1 Å². The summed E-state index contributed by atoms with van der Waals surface area (Å²) in [5.41, 5.74) is 0.564. The van der Waals surface area contributed by atoms with Crippen molar-refractivity contribution in [3.63, 3.8) is 0 Å². The number of nitrogens with zero attached hydrogens (tertiary/aromatic N) is 1. The summed E-state index contributed by atoms with van der Waals surface area (Å²) in [6, 6.07) is 2.91. The molecule has 0 radical (unpaired) electrons. The van der Waals surface area contributed by atoms with Gasteiger partial charge in [0.2, 0.25) is 0 Å². The summed E-state index contributed by atoms with van der Waals surface area (Å²) in [6.07, 6.45) is 0.820. The average molecular weight is 233 g/mol. The fraction of sp³-hybridized carbons (Fsp3) is 0.273. The highest BCUT2D eigenvalue weighted by atomic mass is 19.1. The van der Waals surface area contributed by atoms with E-state index in [0.717, 1.165) is 12.0 Å². The number of nitroso groups, excluding NO2 is 1. The highest BCUT2D eigenvalue weighted by Crippen LogP contribution is 2.60. The zero-order valence-corrected chi connectivity index (χ0v) is 8.89. The lowest BCUT2D eigenvalue weighted by molar-refractivity contribution is 0.396. The SMILES string of the molecule is C=C(N=O)c1c(F)ccc2c1OB(O)C1CC21. The number of fused-ring (bicyclic) bond motifs is 3. The van der Waals surface area contributed by atoms with Gasteiger partial charge in [-0.3, -0.25) is 0 Å². The Morgan fingerprint density at radius 3 is 3.12 bits per heavy atom. The summed E-state index contributed by atoms with van der Waals surface area (Å²) >= 11 is 0. The molecule has 17 heavy (non-hydrogen) atoms. The number of benzene rings is 1. The third-order valence-corrected chi connectivity index (χ3v) is 3.38. The van der Waals surface area contributed by atoms with Gasteiger partial charge in [-0.15, -0.1) is 4.91 Å². The molecule has 86 valence electrons. The molecule has 2 atom stereocenters. The van der Waals surface area contributed by atoms with Gasteiger partial charge < -0.3 is 9.68 Å². The number of hydrogen-bond donors (Lipinski definition) is 1. The Bertz CT molecular complexity index is 534. The normalized spacial score (nSPS) is 24.5. The summed E-state index contributed by atoms with van der Waals surface area (Å²) in [5, 5.41) is 12.3. The van der Waals surface area contributed by atoms with Gasteiger partial charge >= 0.3 is 7.12 Å². The predicted octanol–water partition coefficient (Wildman–Crippen LogP) is 2.29. The molecule has 0 saturated heterocycles. The van der Waals surface area contributed by atoms with Crippen molar-refractivity contribution in [1.82, 2.24) is 0 Å². The first kappa shape index (κ1) is 10.5. The Morgan fingerprint density at radius 2 is 2.41 bits per heavy atom. The highest BCUT2D eigenvalue weighted by molar-refractivity contribution is 6.48. The van der Waals surface area contributed by atoms with Crippen LogP contribution in [0.25, 0.3) is 5.70 Å². The maximum atomic E-state index is 13.7. The van der Waals surface area contributed by atoms with Crippen LogP contribution in [0.2, 0.25) is 5.82 Å². The molecule has 0 amide bonds. The molecule has 4 nitrogen and oxygen atoms in total. The van der Waals surface area contributed by atoms with Crippen molar-refractivity contribution in [3.05, 3.63) is 40.6 Å². The summed E-state index contributed by atoms with van der Waals surface area (Å²) < 4.78 is 18.9. The molecule has 1 aromatic rings. The Labute approximate surface area is 97.2 Å². The maximum absolute atomic E-state index is 13.7. The van der Waals surface area contributed by atoms with E-state index in [4.69, 9.17) is 4.65 Å². The standard InChI is InChI=1S/C11H9BFNO3/c1-5(14-16)10-9(13)3-2-6-7-4-8(7)12(15)17-11(6)10/h2-3,7-8,15H,1,4H2. The lowest BCUT2D eigenvalue weighted by atomic mass is 9.77. The Balaban J connectivity index is 2.18. The van der Waals surface area contributed by atoms with Crippen molar-refractivity contribution in [2.24, 2.45) is 5.18 Å². The fourth-order valence-corrected chi connectivity index (χ4v) is 2.40. The van der Waals surface area contributed by atoms with Crippen LogP contribution >= 0.6 is 0 Å². The van der Waals surface area contributed by atoms with Crippen molar-refractivity contribution >= 4 is 12.8 Å². The van der Waals surface area contributed by atoms with E-state index < -0.39 is 12.9 Å². The van der Waals surface area contributed by atoms with E-state index in [1.54, 1.807) is 6.07 Å². The Kier molecular flexibility index (Phi) is 2.09. The van der Waals surface area contributed by atoms with Gasteiger partial charge in [-0.2, -0.15) is 0 Å². The monoisotopic (exact) mass is 233 g/mol. The van der Waals surface area contributed by atoms with E-state index >= 15 is 0 Å². The van der Waals surface area contributed by atoms with Crippen molar-refractivity contribution in [2.45, 2.75) is 18.2 Å². The molecule has 1 heterocycles. The minimum Gasteiger partial charge on any atom is -0.535 e. The second kappa shape index (κ2) is 3.40. The molecule has 0 spiro atoms. The molecule has 0 aromatic heterocycles. The van der Waals surface area contributed by atoms with Crippen molar-refractivity contribution in [1.29, 1.82) is 0 Å². The van der Waals surface area contributed by atoms with E-state index in [0.29, 0.717) is 0 Å². The Morgan fingerprint density at radius 1 is 1.65 bits per heavy atom. The zero-order chi connectivity index (χ0) is 12.2. The zero-order valence-electron chi connectivity index (χ0n) is 8.89. The molecule has 3 rings (SSSR count). The summed E-state index contributed by atoms with van der Waals surface area (Å²) in [7, 11) is -0.937. The number of halogens is 1. The minimum atomic E-state index is -0.937. The van der Waals surface area contributed by atoms with Crippen LogP contribution in [0.1, 0.15) is 23.5 Å². The van der Waals surface area contributed by atoms with Gasteiger partial charge in [0.1, 0.15) is 17.3 Å².